The largest absolute Gasteiger partial charge is 0.416 e. The van der Waals surface area contributed by atoms with E-state index < -0.39 is 17.5 Å². The zero-order valence-corrected chi connectivity index (χ0v) is 11.2. The summed E-state index contributed by atoms with van der Waals surface area (Å²) in [6.07, 6.45) is -1.52. The average molecular weight is 308 g/mol. The number of hydrogen-bond donors (Lipinski definition) is 0. The van der Waals surface area contributed by atoms with Gasteiger partial charge in [-0.2, -0.15) is 13.2 Å². The average Bonchev–Trinajstić information content (AvgIpc) is 2.89. The highest BCUT2D eigenvalue weighted by Gasteiger charge is 2.30. The standard InChI is InChI=1S/C14H7F3N2OS/c15-14(16,17)9-3-2-8-6-11(21-10(8)7-9)12(20)13-18-4-1-5-19-13/h1-7H. The van der Waals surface area contributed by atoms with Crippen molar-refractivity contribution >= 4 is 27.2 Å². The third kappa shape index (κ3) is 2.64. The minimum atomic E-state index is -4.40. The Balaban J connectivity index is 2.04. The number of alkyl halides is 3. The molecule has 0 atom stereocenters. The molecule has 21 heavy (non-hydrogen) atoms. The smallest absolute Gasteiger partial charge is 0.284 e. The molecule has 0 unspecified atom stereocenters. The molecule has 0 bridgehead atoms. The summed E-state index contributed by atoms with van der Waals surface area (Å²) in [5.41, 5.74) is -0.730. The number of nitrogens with zero attached hydrogens (tertiary/aromatic N) is 2. The molecule has 3 aromatic rings. The van der Waals surface area contributed by atoms with Crippen molar-refractivity contribution < 1.29 is 18.0 Å². The summed E-state index contributed by atoms with van der Waals surface area (Å²) < 4.78 is 38.4. The van der Waals surface area contributed by atoms with E-state index in [1.807, 2.05) is 0 Å². The number of hydrogen-bond acceptors (Lipinski definition) is 4. The fraction of sp³-hybridized carbons (Fsp3) is 0.0714. The van der Waals surface area contributed by atoms with Crippen molar-refractivity contribution in [3.05, 3.63) is 59.0 Å². The second kappa shape index (κ2) is 4.92. The Morgan fingerprint density at radius 3 is 2.48 bits per heavy atom. The molecule has 106 valence electrons. The number of ketones is 1. The van der Waals surface area contributed by atoms with Gasteiger partial charge in [-0.1, -0.05) is 6.07 Å². The molecule has 0 radical (unpaired) electrons. The summed E-state index contributed by atoms with van der Waals surface area (Å²) in [6, 6.07) is 6.54. The van der Waals surface area contributed by atoms with Crippen molar-refractivity contribution in [2.75, 3.05) is 0 Å². The summed E-state index contributed by atoms with van der Waals surface area (Å²) in [7, 11) is 0. The van der Waals surface area contributed by atoms with Gasteiger partial charge in [-0.05, 0) is 29.7 Å². The zero-order chi connectivity index (χ0) is 15.0. The molecule has 0 amide bonds. The van der Waals surface area contributed by atoms with Gasteiger partial charge in [0, 0.05) is 17.1 Å². The molecule has 2 aromatic heterocycles. The monoisotopic (exact) mass is 308 g/mol. The number of fused-ring (bicyclic) bond motifs is 1. The highest BCUT2D eigenvalue weighted by molar-refractivity contribution is 7.21. The van der Waals surface area contributed by atoms with Crippen LogP contribution in [-0.2, 0) is 6.18 Å². The third-order valence-electron chi connectivity index (χ3n) is 2.84. The maximum Gasteiger partial charge on any atom is 0.416 e. The van der Waals surface area contributed by atoms with Crippen molar-refractivity contribution in [1.82, 2.24) is 9.97 Å². The lowest BCUT2D eigenvalue weighted by Crippen LogP contribution is -2.03. The molecule has 0 aliphatic heterocycles. The summed E-state index contributed by atoms with van der Waals surface area (Å²) in [5, 5.41) is 0.590. The predicted octanol–water partition coefficient (Wildman–Crippen LogP) is 3.94. The normalized spacial score (nSPS) is 11.8. The van der Waals surface area contributed by atoms with Gasteiger partial charge in [0.15, 0.2) is 0 Å². The number of benzene rings is 1. The SMILES string of the molecule is O=C(c1ncccn1)c1cc2ccc(C(F)(F)F)cc2s1. The van der Waals surface area contributed by atoms with Crippen LogP contribution in [-0.4, -0.2) is 15.8 Å². The zero-order valence-electron chi connectivity index (χ0n) is 10.4. The summed E-state index contributed by atoms with van der Waals surface area (Å²) in [5.74, 6) is -0.370. The van der Waals surface area contributed by atoms with Gasteiger partial charge in [0.25, 0.3) is 0 Å². The first-order chi connectivity index (χ1) is 9.95. The molecule has 1 aromatic carbocycles. The molecule has 7 heteroatoms. The first kappa shape index (κ1) is 13.7. The molecular weight excluding hydrogens is 301 g/mol. The number of rotatable bonds is 2. The number of halogens is 3. The lowest BCUT2D eigenvalue weighted by atomic mass is 10.1. The molecule has 0 fully saturated rings. The maximum absolute atomic E-state index is 12.7. The van der Waals surface area contributed by atoms with E-state index >= 15 is 0 Å². The first-order valence-electron chi connectivity index (χ1n) is 5.87. The third-order valence-corrected chi connectivity index (χ3v) is 3.94. The van der Waals surface area contributed by atoms with E-state index in [2.05, 4.69) is 9.97 Å². The number of thiophene rings is 1. The van der Waals surface area contributed by atoms with Crippen LogP contribution in [0.3, 0.4) is 0 Å². The van der Waals surface area contributed by atoms with Crippen LogP contribution < -0.4 is 0 Å². The van der Waals surface area contributed by atoms with E-state index in [1.54, 1.807) is 12.1 Å². The first-order valence-corrected chi connectivity index (χ1v) is 6.69. The Kier molecular flexibility index (Phi) is 3.21. The fourth-order valence-electron chi connectivity index (χ4n) is 1.85. The highest BCUT2D eigenvalue weighted by atomic mass is 32.1. The van der Waals surface area contributed by atoms with Crippen LogP contribution in [0.2, 0.25) is 0 Å². The molecule has 0 N–H and O–H groups in total. The molecule has 0 saturated carbocycles. The van der Waals surface area contributed by atoms with Gasteiger partial charge in [0.1, 0.15) is 0 Å². The second-order valence-corrected chi connectivity index (χ2v) is 5.35. The number of aromatic nitrogens is 2. The molecule has 2 heterocycles. The van der Waals surface area contributed by atoms with E-state index in [1.165, 1.54) is 18.5 Å². The van der Waals surface area contributed by atoms with Crippen LogP contribution in [0.1, 0.15) is 21.1 Å². The summed E-state index contributed by atoms with van der Waals surface area (Å²) in [6.45, 7) is 0. The summed E-state index contributed by atoms with van der Waals surface area (Å²) in [4.78, 5) is 20.2. The molecule has 3 rings (SSSR count). The second-order valence-electron chi connectivity index (χ2n) is 4.26. The van der Waals surface area contributed by atoms with E-state index in [-0.39, 0.29) is 5.82 Å². The van der Waals surface area contributed by atoms with Crippen LogP contribution in [0.15, 0.2) is 42.7 Å². The Morgan fingerprint density at radius 1 is 1.10 bits per heavy atom. The minimum Gasteiger partial charge on any atom is -0.284 e. The highest BCUT2D eigenvalue weighted by Crippen LogP contribution is 2.34. The minimum absolute atomic E-state index is 0.0279. The molecule has 0 spiro atoms. The van der Waals surface area contributed by atoms with Crippen molar-refractivity contribution in [2.24, 2.45) is 0 Å². The van der Waals surface area contributed by atoms with E-state index in [0.29, 0.717) is 15.0 Å². The van der Waals surface area contributed by atoms with Crippen molar-refractivity contribution in [3.63, 3.8) is 0 Å². The van der Waals surface area contributed by atoms with Crippen LogP contribution in [0.4, 0.5) is 13.2 Å². The Labute approximate surface area is 121 Å². The Hall–Kier alpha value is -2.28. The Bertz CT molecular complexity index is 812. The quantitative estimate of drug-likeness (QED) is 0.673. The van der Waals surface area contributed by atoms with Crippen molar-refractivity contribution in [3.8, 4) is 0 Å². The van der Waals surface area contributed by atoms with Crippen LogP contribution >= 0.6 is 11.3 Å². The lowest BCUT2D eigenvalue weighted by molar-refractivity contribution is -0.137. The van der Waals surface area contributed by atoms with Gasteiger partial charge in [0.05, 0.1) is 10.4 Å². The van der Waals surface area contributed by atoms with Gasteiger partial charge >= 0.3 is 6.18 Å². The van der Waals surface area contributed by atoms with Crippen LogP contribution in [0.25, 0.3) is 10.1 Å². The maximum atomic E-state index is 12.7. The van der Waals surface area contributed by atoms with Gasteiger partial charge in [-0.15, -0.1) is 11.3 Å². The van der Waals surface area contributed by atoms with E-state index in [9.17, 15) is 18.0 Å². The van der Waals surface area contributed by atoms with Crippen molar-refractivity contribution in [2.45, 2.75) is 6.18 Å². The topological polar surface area (TPSA) is 42.9 Å². The molecule has 0 aliphatic carbocycles. The van der Waals surface area contributed by atoms with E-state index in [4.69, 9.17) is 0 Å². The number of carbonyl (C=O) groups excluding carboxylic acids is 1. The summed E-state index contributed by atoms with van der Waals surface area (Å²) >= 11 is 1.00. The molecule has 3 nitrogen and oxygen atoms in total. The predicted molar refractivity (Wildman–Crippen MR) is 72.3 cm³/mol. The van der Waals surface area contributed by atoms with Crippen LogP contribution in [0, 0.1) is 0 Å². The lowest BCUT2D eigenvalue weighted by Gasteiger charge is -2.05. The van der Waals surface area contributed by atoms with Gasteiger partial charge < -0.3 is 0 Å². The van der Waals surface area contributed by atoms with Gasteiger partial charge in [-0.3, -0.25) is 4.79 Å². The molecule has 0 saturated heterocycles. The number of carbonyl (C=O) groups is 1. The van der Waals surface area contributed by atoms with Crippen molar-refractivity contribution in [1.29, 1.82) is 0 Å². The van der Waals surface area contributed by atoms with Gasteiger partial charge in [-0.25, -0.2) is 9.97 Å². The molecule has 0 aliphatic rings. The van der Waals surface area contributed by atoms with Gasteiger partial charge in [0.2, 0.25) is 11.6 Å². The molecular formula is C14H7F3N2OS. The fourth-order valence-corrected chi connectivity index (χ4v) is 2.88. The Morgan fingerprint density at radius 2 is 1.81 bits per heavy atom. The van der Waals surface area contributed by atoms with E-state index in [0.717, 1.165) is 23.5 Å². The van der Waals surface area contributed by atoms with Crippen LogP contribution in [0.5, 0.6) is 0 Å².